The maximum Gasteiger partial charge on any atom is 0.274 e. The molecule has 19 heavy (non-hydrogen) atoms. The van der Waals surface area contributed by atoms with Crippen molar-refractivity contribution in [2.75, 3.05) is 5.73 Å². The minimum Gasteiger partial charge on any atom is -0.396 e. The normalized spacial score (nSPS) is 19.1. The highest BCUT2D eigenvalue weighted by Gasteiger charge is 2.29. The predicted molar refractivity (Wildman–Crippen MR) is 66.0 cm³/mol. The monoisotopic (exact) mass is 265 g/mol. The molecule has 1 unspecified atom stereocenters. The van der Waals surface area contributed by atoms with Crippen molar-refractivity contribution < 1.29 is 14.4 Å². The molecule has 1 atom stereocenters. The number of aromatic nitrogens is 2. The number of nitrogens with two attached hydrogens (primary N) is 1. The Morgan fingerprint density at radius 2 is 2.37 bits per heavy atom. The van der Waals surface area contributed by atoms with Gasteiger partial charge in [0, 0.05) is 19.2 Å². The van der Waals surface area contributed by atoms with E-state index in [4.69, 9.17) is 5.73 Å². The minimum atomic E-state index is -0.726. The van der Waals surface area contributed by atoms with Crippen LogP contribution in [-0.4, -0.2) is 33.5 Å². The number of rotatable bonds is 3. The molecule has 102 valence electrons. The molecule has 0 aliphatic carbocycles. The molecule has 2 heterocycles. The Labute approximate surface area is 109 Å². The van der Waals surface area contributed by atoms with E-state index in [2.05, 4.69) is 15.7 Å². The van der Waals surface area contributed by atoms with Gasteiger partial charge in [0.15, 0.2) is 5.69 Å². The Morgan fingerprint density at radius 1 is 1.63 bits per heavy atom. The Kier molecular flexibility index (Phi) is 3.50. The van der Waals surface area contributed by atoms with Crippen molar-refractivity contribution in [1.82, 2.24) is 20.4 Å². The molecule has 1 saturated heterocycles. The molecule has 2 rings (SSSR count). The SMILES string of the molecule is CCn1cc(N)c(C(=O)NC2CCC(=O)NC2=O)n1. The number of nitrogen functional groups attached to an aromatic ring is 1. The zero-order valence-electron chi connectivity index (χ0n) is 10.5. The molecule has 0 bridgehead atoms. The molecule has 0 spiro atoms. The van der Waals surface area contributed by atoms with Gasteiger partial charge >= 0.3 is 0 Å². The highest BCUT2D eigenvalue weighted by Crippen LogP contribution is 2.11. The highest BCUT2D eigenvalue weighted by molar-refractivity contribution is 6.04. The second-order valence-corrected chi connectivity index (χ2v) is 4.27. The van der Waals surface area contributed by atoms with Gasteiger partial charge in [-0.3, -0.25) is 24.4 Å². The molecule has 1 aliphatic heterocycles. The van der Waals surface area contributed by atoms with Crippen molar-refractivity contribution in [2.24, 2.45) is 0 Å². The number of imide groups is 1. The van der Waals surface area contributed by atoms with Crippen LogP contribution in [0.1, 0.15) is 30.3 Å². The summed E-state index contributed by atoms with van der Waals surface area (Å²) in [6.45, 7) is 2.46. The summed E-state index contributed by atoms with van der Waals surface area (Å²) in [6, 6.07) is -0.726. The largest absolute Gasteiger partial charge is 0.396 e. The third-order valence-corrected chi connectivity index (χ3v) is 2.87. The highest BCUT2D eigenvalue weighted by atomic mass is 16.2. The van der Waals surface area contributed by atoms with Crippen molar-refractivity contribution in [3.8, 4) is 0 Å². The van der Waals surface area contributed by atoms with E-state index in [1.165, 1.54) is 4.68 Å². The lowest BCUT2D eigenvalue weighted by atomic mass is 10.1. The van der Waals surface area contributed by atoms with Crippen LogP contribution >= 0.6 is 0 Å². The van der Waals surface area contributed by atoms with Gasteiger partial charge in [-0.15, -0.1) is 0 Å². The van der Waals surface area contributed by atoms with Gasteiger partial charge in [-0.25, -0.2) is 0 Å². The molecule has 1 fully saturated rings. The average molecular weight is 265 g/mol. The Balaban J connectivity index is 2.06. The fourth-order valence-corrected chi connectivity index (χ4v) is 1.83. The van der Waals surface area contributed by atoms with Crippen LogP contribution in [0.4, 0.5) is 5.69 Å². The average Bonchev–Trinajstić information content (AvgIpc) is 2.74. The van der Waals surface area contributed by atoms with E-state index in [0.717, 1.165) is 0 Å². The van der Waals surface area contributed by atoms with Gasteiger partial charge in [0.2, 0.25) is 11.8 Å². The van der Waals surface area contributed by atoms with Gasteiger partial charge in [0.05, 0.1) is 5.69 Å². The first-order chi connectivity index (χ1) is 9.01. The maximum absolute atomic E-state index is 12.0. The number of hydrogen-bond acceptors (Lipinski definition) is 5. The van der Waals surface area contributed by atoms with Crippen molar-refractivity contribution in [1.29, 1.82) is 0 Å². The first-order valence-electron chi connectivity index (χ1n) is 5.98. The Bertz CT molecular complexity index is 536. The third-order valence-electron chi connectivity index (χ3n) is 2.87. The standard InChI is InChI=1S/C11H15N5O3/c1-2-16-5-6(12)9(15-16)11(19)13-7-3-4-8(17)14-10(7)18/h5,7H,2-4,12H2,1H3,(H,13,19)(H,14,17,18). The van der Waals surface area contributed by atoms with Crippen LogP contribution in [-0.2, 0) is 16.1 Å². The predicted octanol–water partition coefficient (Wildman–Crippen LogP) is -0.980. The molecule has 8 heteroatoms. The topological polar surface area (TPSA) is 119 Å². The van der Waals surface area contributed by atoms with Crippen LogP contribution in [0.2, 0.25) is 0 Å². The van der Waals surface area contributed by atoms with E-state index in [-0.39, 0.29) is 30.1 Å². The molecule has 4 N–H and O–H groups in total. The first-order valence-corrected chi connectivity index (χ1v) is 5.98. The fourth-order valence-electron chi connectivity index (χ4n) is 1.83. The van der Waals surface area contributed by atoms with E-state index < -0.39 is 17.9 Å². The molecular formula is C11H15N5O3. The summed E-state index contributed by atoms with van der Waals surface area (Å²) in [5.74, 6) is -1.34. The fraction of sp³-hybridized carbons (Fsp3) is 0.455. The summed E-state index contributed by atoms with van der Waals surface area (Å²) < 4.78 is 1.54. The van der Waals surface area contributed by atoms with Crippen LogP contribution in [0, 0.1) is 0 Å². The number of aryl methyl sites for hydroxylation is 1. The summed E-state index contributed by atoms with van der Waals surface area (Å²) in [4.78, 5) is 34.5. The molecule has 0 aromatic carbocycles. The number of carbonyl (C=O) groups is 3. The second-order valence-electron chi connectivity index (χ2n) is 4.27. The van der Waals surface area contributed by atoms with Crippen LogP contribution in [0.25, 0.3) is 0 Å². The molecule has 0 radical (unpaired) electrons. The number of anilines is 1. The Hall–Kier alpha value is -2.38. The van der Waals surface area contributed by atoms with Crippen molar-refractivity contribution in [2.45, 2.75) is 32.4 Å². The van der Waals surface area contributed by atoms with Crippen LogP contribution in [0.15, 0.2) is 6.20 Å². The number of hydrogen-bond donors (Lipinski definition) is 3. The molecule has 0 saturated carbocycles. The van der Waals surface area contributed by atoms with E-state index in [9.17, 15) is 14.4 Å². The van der Waals surface area contributed by atoms with Crippen molar-refractivity contribution in [3.63, 3.8) is 0 Å². The number of amides is 3. The van der Waals surface area contributed by atoms with E-state index in [1.807, 2.05) is 6.92 Å². The lowest BCUT2D eigenvalue weighted by molar-refractivity contribution is -0.134. The first kappa shape index (κ1) is 13.1. The number of nitrogens with one attached hydrogen (secondary N) is 2. The molecule has 1 aromatic rings. The van der Waals surface area contributed by atoms with Gasteiger partial charge in [-0.1, -0.05) is 0 Å². The summed E-state index contributed by atoms with van der Waals surface area (Å²) in [5, 5.41) is 8.71. The third kappa shape index (κ3) is 2.72. The summed E-state index contributed by atoms with van der Waals surface area (Å²) in [7, 11) is 0. The molecule has 3 amide bonds. The second kappa shape index (κ2) is 5.09. The number of carbonyl (C=O) groups excluding carboxylic acids is 3. The number of nitrogens with zero attached hydrogens (tertiary/aromatic N) is 2. The molecular weight excluding hydrogens is 250 g/mol. The summed E-state index contributed by atoms with van der Waals surface area (Å²) in [5.41, 5.74) is 6.03. The van der Waals surface area contributed by atoms with Crippen LogP contribution < -0.4 is 16.4 Å². The van der Waals surface area contributed by atoms with E-state index in [1.54, 1.807) is 6.20 Å². The van der Waals surface area contributed by atoms with Gasteiger partial charge in [-0.05, 0) is 13.3 Å². The zero-order valence-corrected chi connectivity index (χ0v) is 10.5. The molecule has 1 aromatic heterocycles. The summed E-state index contributed by atoms with van der Waals surface area (Å²) in [6.07, 6.45) is 2.04. The van der Waals surface area contributed by atoms with Gasteiger partial charge in [-0.2, -0.15) is 5.10 Å². The van der Waals surface area contributed by atoms with Crippen molar-refractivity contribution >= 4 is 23.4 Å². The zero-order chi connectivity index (χ0) is 14.0. The van der Waals surface area contributed by atoms with Crippen molar-refractivity contribution in [3.05, 3.63) is 11.9 Å². The quantitative estimate of drug-likeness (QED) is 0.607. The van der Waals surface area contributed by atoms with Gasteiger partial charge in [0.25, 0.3) is 5.91 Å². The van der Waals surface area contributed by atoms with Gasteiger partial charge in [0.1, 0.15) is 6.04 Å². The van der Waals surface area contributed by atoms with Crippen LogP contribution in [0.3, 0.4) is 0 Å². The van der Waals surface area contributed by atoms with Crippen LogP contribution in [0.5, 0.6) is 0 Å². The molecule has 1 aliphatic rings. The Morgan fingerprint density at radius 3 is 2.95 bits per heavy atom. The smallest absolute Gasteiger partial charge is 0.274 e. The summed E-state index contributed by atoms with van der Waals surface area (Å²) >= 11 is 0. The molecule has 8 nitrogen and oxygen atoms in total. The maximum atomic E-state index is 12.0. The minimum absolute atomic E-state index is 0.0894. The lowest BCUT2D eigenvalue weighted by Crippen LogP contribution is -2.52. The van der Waals surface area contributed by atoms with Gasteiger partial charge < -0.3 is 11.1 Å². The van der Waals surface area contributed by atoms with E-state index in [0.29, 0.717) is 6.54 Å². The van der Waals surface area contributed by atoms with E-state index >= 15 is 0 Å². The number of piperidine rings is 1. The lowest BCUT2D eigenvalue weighted by Gasteiger charge is -2.21.